The van der Waals surface area contributed by atoms with Crippen LogP contribution < -0.4 is 0 Å². The summed E-state index contributed by atoms with van der Waals surface area (Å²) in [6.07, 6.45) is 2.46. The zero-order valence-electron chi connectivity index (χ0n) is 12.9. The highest BCUT2D eigenvalue weighted by atomic mass is 32.2. The summed E-state index contributed by atoms with van der Waals surface area (Å²) in [6, 6.07) is -0.495. The minimum atomic E-state index is -3.25. The van der Waals surface area contributed by atoms with Gasteiger partial charge in [-0.3, -0.25) is 0 Å². The molecule has 0 spiro atoms. The number of hydrogen-bond acceptors (Lipinski definition) is 4. The molecule has 0 aromatic rings. The molecule has 1 amide bonds. The molecule has 7 heteroatoms. The summed E-state index contributed by atoms with van der Waals surface area (Å²) in [6.45, 7) is 9.82. The maximum absolute atomic E-state index is 12.4. The van der Waals surface area contributed by atoms with Gasteiger partial charge in [-0.05, 0) is 33.6 Å². The summed E-state index contributed by atoms with van der Waals surface area (Å²) in [7, 11) is -3.25. The molecular formula is C14H24N2O4S. The third-order valence-electron chi connectivity index (χ3n) is 3.78. The largest absolute Gasteiger partial charge is 0.444 e. The number of sulfonamides is 1. The second-order valence-corrected chi connectivity index (χ2v) is 8.66. The minimum Gasteiger partial charge on any atom is -0.444 e. The van der Waals surface area contributed by atoms with E-state index in [1.807, 2.05) is 20.8 Å². The third-order valence-corrected chi connectivity index (χ3v) is 5.72. The molecule has 120 valence electrons. The average molecular weight is 316 g/mol. The van der Waals surface area contributed by atoms with Crippen molar-refractivity contribution in [3.63, 3.8) is 0 Å². The summed E-state index contributed by atoms with van der Waals surface area (Å²) in [5, 5.41) is 0. The quantitative estimate of drug-likeness (QED) is 0.689. The molecule has 2 rings (SSSR count). The standard InChI is InChI=1S/C14H24N2O4S/c1-5-11-9-15(13(17)20-14(2,3)4)12-7-6-8-21(18,19)16(11)10-12/h5,11-12H,1,6-10H2,2-4H3/t11-,12+/m0/s1. The normalized spacial score (nSPS) is 32.1. The fourth-order valence-corrected chi connectivity index (χ4v) is 4.54. The van der Waals surface area contributed by atoms with Gasteiger partial charge in [0.15, 0.2) is 0 Å². The Bertz CT molecular complexity index is 524. The SMILES string of the molecule is C=C[C@H]1CN(C(=O)OC(C)(C)C)[C@@H]2CCCS(=O)(=O)N1C2. The van der Waals surface area contributed by atoms with Crippen molar-refractivity contribution in [3.05, 3.63) is 12.7 Å². The fourth-order valence-electron chi connectivity index (χ4n) is 2.81. The van der Waals surface area contributed by atoms with Crippen LogP contribution in [0, 0.1) is 0 Å². The van der Waals surface area contributed by atoms with Crippen molar-refractivity contribution >= 4 is 16.1 Å². The van der Waals surface area contributed by atoms with Crippen molar-refractivity contribution < 1.29 is 17.9 Å². The maximum atomic E-state index is 12.4. The molecule has 0 saturated carbocycles. The Kier molecular flexibility index (Phi) is 4.35. The highest BCUT2D eigenvalue weighted by Crippen LogP contribution is 2.28. The van der Waals surface area contributed by atoms with Crippen molar-refractivity contribution in [2.24, 2.45) is 0 Å². The molecule has 0 aromatic heterocycles. The van der Waals surface area contributed by atoms with Crippen LogP contribution in [-0.4, -0.2) is 60.2 Å². The van der Waals surface area contributed by atoms with Gasteiger partial charge in [-0.2, -0.15) is 4.31 Å². The lowest BCUT2D eigenvalue weighted by Crippen LogP contribution is -2.60. The number of ether oxygens (including phenoxy) is 1. The summed E-state index contributed by atoms with van der Waals surface area (Å²) in [5.41, 5.74) is -0.561. The second kappa shape index (κ2) is 5.61. The first kappa shape index (κ1) is 16.3. The molecule has 1 unspecified atom stereocenters. The number of fused-ring (bicyclic) bond motifs is 2. The van der Waals surface area contributed by atoms with Gasteiger partial charge in [-0.15, -0.1) is 6.58 Å². The molecule has 2 heterocycles. The molecule has 0 aromatic carbocycles. The Morgan fingerprint density at radius 3 is 2.57 bits per heavy atom. The maximum Gasteiger partial charge on any atom is 0.410 e. The molecule has 0 aliphatic carbocycles. The molecule has 3 atom stereocenters. The van der Waals surface area contributed by atoms with Gasteiger partial charge in [0.05, 0.1) is 11.8 Å². The van der Waals surface area contributed by atoms with E-state index >= 15 is 0 Å². The van der Waals surface area contributed by atoms with Crippen molar-refractivity contribution in [3.8, 4) is 0 Å². The summed E-state index contributed by atoms with van der Waals surface area (Å²) in [4.78, 5) is 14.0. The van der Waals surface area contributed by atoms with Gasteiger partial charge in [0.25, 0.3) is 0 Å². The molecule has 2 aliphatic rings. The Morgan fingerprint density at radius 1 is 1.33 bits per heavy atom. The van der Waals surface area contributed by atoms with E-state index in [1.54, 1.807) is 11.0 Å². The van der Waals surface area contributed by atoms with Crippen LogP contribution in [0.15, 0.2) is 12.7 Å². The average Bonchev–Trinajstić information content (AvgIpc) is 2.46. The first-order chi connectivity index (χ1) is 9.64. The molecule has 2 bridgehead atoms. The number of carbonyl (C=O) groups is 1. The smallest absolute Gasteiger partial charge is 0.410 e. The van der Waals surface area contributed by atoms with Crippen LogP contribution in [0.1, 0.15) is 33.6 Å². The van der Waals surface area contributed by atoms with E-state index in [0.717, 1.165) is 0 Å². The first-order valence-electron chi connectivity index (χ1n) is 7.26. The van der Waals surface area contributed by atoms with E-state index in [4.69, 9.17) is 4.74 Å². The number of rotatable bonds is 1. The van der Waals surface area contributed by atoms with Gasteiger partial charge in [0.2, 0.25) is 10.0 Å². The first-order valence-corrected chi connectivity index (χ1v) is 8.86. The number of carbonyl (C=O) groups excluding carboxylic acids is 1. The van der Waals surface area contributed by atoms with Gasteiger partial charge in [0, 0.05) is 19.1 Å². The molecule has 2 saturated heterocycles. The van der Waals surface area contributed by atoms with Crippen LogP contribution in [0.3, 0.4) is 0 Å². The predicted molar refractivity (Wildman–Crippen MR) is 80.4 cm³/mol. The molecule has 6 nitrogen and oxygen atoms in total. The second-order valence-electron chi connectivity index (χ2n) is 6.62. The minimum absolute atomic E-state index is 0.117. The molecule has 21 heavy (non-hydrogen) atoms. The van der Waals surface area contributed by atoms with E-state index < -0.39 is 15.6 Å². The van der Waals surface area contributed by atoms with E-state index in [2.05, 4.69) is 6.58 Å². The number of piperazine rings is 1. The highest BCUT2D eigenvalue weighted by Gasteiger charge is 2.43. The lowest BCUT2D eigenvalue weighted by Gasteiger charge is -2.43. The van der Waals surface area contributed by atoms with Gasteiger partial charge >= 0.3 is 6.09 Å². The molecule has 2 aliphatic heterocycles. The summed E-state index contributed by atoms with van der Waals surface area (Å²) in [5.74, 6) is 0.135. The fraction of sp³-hybridized carbons (Fsp3) is 0.786. The van der Waals surface area contributed by atoms with Gasteiger partial charge in [0.1, 0.15) is 5.60 Å². The van der Waals surface area contributed by atoms with E-state index in [1.165, 1.54) is 4.31 Å². The van der Waals surface area contributed by atoms with Crippen LogP contribution in [-0.2, 0) is 14.8 Å². The summed E-state index contributed by atoms with van der Waals surface area (Å²) >= 11 is 0. The number of amides is 1. The van der Waals surface area contributed by atoms with Crippen LogP contribution in [0.2, 0.25) is 0 Å². The number of nitrogens with zero attached hydrogens (tertiary/aromatic N) is 2. The lowest BCUT2D eigenvalue weighted by atomic mass is 10.1. The third kappa shape index (κ3) is 3.58. The highest BCUT2D eigenvalue weighted by molar-refractivity contribution is 7.89. The Hall–Kier alpha value is -1.08. The van der Waals surface area contributed by atoms with Crippen molar-refractivity contribution in [1.82, 2.24) is 9.21 Å². The molecule has 2 fully saturated rings. The molecule has 0 radical (unpaired) electrons. The van der Waals surface area contributed by atoms with E-state index in [9.17, 15) is 13.2 Å². The van der Waals surface area contributed by atoms with Gasteiger partial charge in [-0.25, -0.2) is 13.2 Å². The topological polar surface area (TPSA) is 66.9 Å². The molecular weight excluding hydrogens is 292 g/mol. The predicted octanol–water partition coefficient (Wildman–Crippen LogP) is 1.59. The molecule has 0 N–H and O–H groups in total. The van der Waals surface area contributed by atoms with Gasteiger partial charge in [-0.1, -0.05) is 6.08 Å². The van der Waals surface area contributed by atoms with Crippen molar-refractivity contribution in [2.45, 2.75) is 51.3 Å². The van der Waals surface area contributed by atoms with Crippen molar-refractivity contribution in [1.29, 1.82) is 0 Å². The van der Waals surface area contributed by atoms with E-state index in [-0.39, 0.29) is 23.9 Å². The van der Waals surface area contributed by atoms with E-state index in [0.29, 0.717) is 25.9 Å². The lowest BCUT2D eigenvalue weighted by molar-refractivity contribution is 0.00112. The van der Waals surface area contributed by atoms with Gasteiger partial charge < -0.3 is 9.64 Å². The van der Waals surface area contributed by atoms with Crippen LogP contribution in [0.25, 0.3) is 0 Å². The summed E-state index contributed by atoms with van der Waals surface area (Å²) < 4.78 is 31.4. The van der Waals surface area contributed by atoms with Crippen LogP contribution >= 0.6 is 0 Å². The van der Waals surface area contributed by atoms with Crippen LogP contribution in [0.4, 0.5) is 4.79 Å². The Balaban J connectivity index is 2.23. The Labute approximate surface area is 126 Å². The zero-order valence-corrected chi connectivity index (χ0v) is 13.7. The van der Waals surface area contributed by atoms with Crippen LogP contribution in [0.5, 0.6) is 0 Å². The zero-order chi connectivity index (χ0) is 15.8. The Morgan fingerprint density at radius 2 is 2.00 bits per heavy atom. The monoisotopic (exact) mass is 316 g/mol. The number of hydrogen-bond donors (Lipinski definition) is 0. The van der Waals surface area contributed by atoms with Crippen molar-refractivity contribution in [2.75, 3.05) is 18.8 Å².